The number of fused-ring (bicyclic) bond motifs is 3. The van der Waals surface area contributed by atoms with E-state index in [0.29, 0.717) is 30.6 Å². The molecule has 0 aliphatic heterocycles. The Hall–Kier alpha value is -4.83. The van der Waals surface area contributed by atoms with E-state index in [1.54, 1.807) is 20.1 Å². The summed E-state index contributed by atoms with van der Waals surface area (Å²) in [7, 11) is 1.59. The maximum atomic E-state index is 14.7. The van der Waals surface area contributed by atoms with Crippen LogP contribution >= 0.6 is 23.5 Å². The molecule has 3 aromatic rings. The van der Waals surface area contributed by atoms with Crippen LogP contribution in [0.4, 0.5) is 0 Å². The number of methoxy groups -OCH3 is 1. The maximum absolute atomic E-state index is 14.7. The fourth-order valence-electron chi connectivity index (χ4n) is 12.0. The molecule has 13 nitrogen and oxygen atoms in total. The quantitative estimate of drug-likeness (QED) is 0.0434. The molecule has 0 spiro atoms. The van der Waals surface area contributed by atoms with E-state index >= 15 is 0 Å². The molecule has 0 heterocycles. The number of aliphatic hydroxyl groups excluding tert-OH is 1. The molecular formula is C52H64O13S2. The first kappa shape index (κ1) is 51.6. The normalized spacial score (nSPS) is 30.4. The molecule has 15 heteroatoms. The molecule has 362 valence electrons. The van der Waals surface area contributed by atoms with Gasteiger partial charge in [0.2, 0.25) is 0 Å². The summed E-state index contributed by atoms with van der Waals surface area (Å²) in [6, 6.07) is 26.3. The number of thioether (sulfide) groups is 2. The number of para-hydroxylation sites is 1. The Morgan fingerprint density at radius 3 is 1.90 bits per heavy atom. The summed E-state index contributed by atoms with van der Waals surface area (Å²) in [4.78, 5) is 69.7. The molecule has 11 atom stereocenters. The Labute approximate surface area is 402 Å². The zero-order valence-electron chi connectivity index (χ0n) is 39.7. The van der Waals surface area contributed by atoms with Crippen LogP contribution in [0, 0.1) is 34.0 Å². The molecule has 67 heavy (non-hydrogen) atoms. The topological polar surface area (TPSA) is 181 Å². The summed E-state index contributed by atoms with van der Waals surface area (Å²) < 4.78 is 36.3. The predicted octanol–water partition coefficient (Wildman–Crippen LogP) is 8.17. The van der Waals surface area contributed by atoms with Crippen molar-refractivity contribution in [3.8, 4) is 5.75 Å². The highest BCUT2D eigenvalue weighted by Crippen LogP contribution is 2.71. The minimum absolute atomic E-state index is 0.244. The van der Waals surface area contributed by atoms with E-state index in [-0.39, 0.29) is 6.42 Å². The van der Waals surface area contributed by atoms with E-state index in [0.717, 1.165) is 15.4 Å². The smallest absolute Gasteiger partial charge is 0.330 e. The predicted molar refractivity (Wildman–Crippen MR) is 253 cm³/mol. The van der Waals surface area contributed by atoms with Crippen molar-refractivity contribution in [1.29, 1.82) is 0 Å². The average Bonchev–Trinajstić information content (AvgIpc) is 3.27. The average molecular weight is 961 g/mol. The van der Waals surface area contributed by atoms with Crippen molar-refractivity contribution >= 4 is 53.4 Å². The third kappa shape index (κ3) is 10.3. The Morgan fingerprint density at radius 2 is 1.36 bits per heavy atom. The Bertz CT molecular complexity index is 2250. The highest BCUT2D eigenvalue weighted by molar-refractivity contribution is 8.18. The molecule has 0 radical (unpaired) electrons. The first-order chi connectivity index (χ1) is 31.8. The summed E-state index contributed by atoms with van der Waals surface area (Å²) in [5.74, 6) is -5.36. The highest BCUT2D eigenvalue weighted by Gasteiger charge is 2.77. The summed E-state index contributed by atoms with van der Waals surface area (Å²) in [5, 5.41) is 25.2. The summed E-state index contributed by atoms with van der Waals surface area (Å²) in [6.07, 6.45) is -2.10. The van der Waals surface area contributed by atoms with Gasteiger partial charge in [-0.25, -0.2) is 4.79 Å². The van der Waals surface area contributed by atoms with Gasteiger partial charge in [0.25, 0.3) is 0 Å². The zero-order valence-corrected chi connectivity index (χ0v) is 41.4. The van der Waals surface area contributed by atoms with E-state index in [2.05, 4.69) is 0 Å². The number of rotatable bonds is 17. The molecule has 0 amide bonds. The zero-order chi connectivity index (χ0) is 48.9. The number of aliphatic hydroxyl groups is 2. The van der Waals surface area contributed by atoms with Crippen LogP contribution in [0.15, 0.2) is 106 Å². The molecular weight excluding hydrogens is 897 g/mol. The lowest BCUT2D eigenvalue weighted by Gasteiger charge is -2.71. The Balaban J connectivity index is 1.53. The van der Waals surface area contributed by atoms with Crippen LogP contribution in [-0.4, -0.2) is 95.0 Å². The molecule has 0 saturated heterocycles. The van der Waals surface area contributed by atoms with Crippen LogP contribution < -0.4 is 4.74 Å². The van der Waals surface area contributed by atoms with Gasteiger partial charge in [-0.2, -0.15) is 0 Å². The highest BCUT2D eigenvalue weighted by atomic mass is 32.2. The fourth-order valence-corrected chi connectivity index (χ4v) is 14.3. The largest absolute Gasteiger partial charge is 0.496 e. The van der Waals surface area contributed by atoms with Crippen LogP contribution in [0.2, 0.25) is 0 Å². The van der Waals surface area contributed by atoms with Crippen LogP contribution in [0.1, 0.15) is 80.2 Å². The second-order valence-electron chi connectivity index (χ2n) is 18.6. The minimum Gasteiger partial charge on any atom is -0.496 e. The number of hydrogen-bond acceptors (Lipinski definition) is 15. The second-order valence-corrected chi connectivity index (χ2v) is 21.2. The van der Waals surface area contributed by atoms with E-state index in [1.165, 1.54) is 51.2 Å². The molecule has 6 rings (SSSR count). The number of benzene rings is 3. The van der Waals surface area contributed by atoms with Crippen molar-refractivity contribution in [3.63, 3.8) is 0 Å². The summed E-state index contributed by atoms with van der Waals surface area (Å²) >= 11 is 2.57. The van der Waals surface area contributed by atoms with E-state index in [1.807, 2.05) is 106 Å². The van der Waals surface area contributed by atoms with Crippen LogP contribution in [0.25, 0.3) is 0 Å². The fraction of sp³-hybridized carbons (Fsp3) is 0.519. The van der Waals surface area contributed by atoms with Crippen molar-refractivity contribution in [1.82, 2.24) is 0 Å². The second kappa shape index (κ2) is 21.2. The van der Waals surface area contributed by atoms with Crippen LogP contribution in [0.5, 0.6) is 5.75 Å². The molecule has 3 aliphatic rings. The minimum atomic E-state index is -1.76. The molecule has 11 unspecified atom stereocenters. The van der Waals surface area contributed by atoms with Crippen LogP contribution in [-0.2, 0) is 54.1 Å². The van der Waals surface area contributed by atoms with Crippen molar-refractivity contribution in [2.24, 2.45) is 34.0 Å². The van der Waals surface area contributed by atoms with Gasteiger partial charge in [-0.05, 0) is 92.5 Å². The van der Waals surface area contributed by atoms with Gasteiger partial charge in [0.15, 0.2) is 10.7 Å². The first-order valence-electron chi connectivity index (χ1n) is 22.7. The number of carbonyl (C=O) groups excluding carboxylic acids is 5. The van der Waals surface area contributed by atoms with E-state index < -0.39 is 112 Å². The van der Waals surface area contributed by atoms with Gasteiger partial charge in [-0.15, -0.1) is 0 Å². The standard InChI is InChI=1S/C52H64O13S2/c1-31-28-43(63-34(4)55)50(8)41(52(31,59)27-24-37-18-16-17-23-40(37)60-9)25-26-49(7)42(29-53)51(32(2)62-33(3)54,46(65-36(6)57)44(45(49)50)64-35(5)56)30-61-47(58)48(66-38-19-12-10-13-20-38)67-39-21-14-11-15-22-39/h10-23,28,32,41-46,48,53,59H,24-27,29-30H2,1-9H3. The molecule has 2 fully saturated rings. The van der Waals surface area contributed by atoms with Gasteiger partial charge in [-0.3, -0.25) is 19.2 Å². The number of carbonyl (C=O) groups is 5. The Kier molecular flexibility index (Phi) is 16.3. The Morgan fingerprint density at radius 1 is 0.791 bits per heavy atom. The lowest BCUT2D eigenvalue weighted by molar-refractivity contribution is -0.315. The molecule has 0 bridgehead atoms. The molecule has 2 saturated carbocycles. The lowest BCUT2D eigenvalue weighted by atomic mass is 9.35. The molecule has 0 aromatic heterocycles. The number of aryl methyl sites for hydroxylation is 1. The van der Waals surface area contributed by atoms with Gasteiger partial charge in [0.1, 0.15) is 30.7 Å². The van der Waals surface area contributed by atoms with E-state index in [9.17, 15) is 34.2 Å². The number of hydrogen-bond donors (Lipinski definition) is 2. The lowest BCUT2D eigenvalue weighted by Crippen LogP contribution is -2.77. The van der Waals surface area contributed by atoms with Gasteiger partial charge in [0, 0.05) is 67.3 Å². The van der Waals surface area contributed by atoms with Gasteiger partial charge in [0.05, 0.1) is 18.1 Å². The van der Waals surface area contributed by atoms with E-state index in [4.69, 9.17) is 28.4 Å². The van der Waals surface area contributed by atoms with Gasteiger partial charge < -0.3 is 38.6 Å². The SMILES string of the molecule is COc1ccccc1CCC1(O)C(C)=CC(OC(C)=O)C2(C)C1CCC1(C)C2C(OC(C)=O)C(OC(C)=O)C(COC(=O)C(Sc2ccccc2)Sc2ccccc2)(C(C)OC(C)=O)C1CO. The van der Waals surface area contributed by atoms with Crippen molar-refractivity contribution < 1.29 is 62.6 Å². The van der Waals surface area contributed by atoms with Crippen molar-refractivity contribution in [3.05, 3.63) is 102 Å². The third-order valence-electron chi connectivity index (χ3n) is 14.7. The maximum Gasteiger partial charge on any atom is 0.330 e. The van der Waals surface area contributed by atoms with Gasteiger partial charge >= 0.3 is 29.8 Å². The summed E-state index contributed by atoms with van der Waals surface area (Å²) in [5.41, 5.74) is -4.21. The van der Waals surface area contributed by atoms with Gasteiger partial charge in [-0.1, -0.05) is 92.0 Å². The molecule has 3 aliphatic carbocycles. The molecule has 3 aromatic carbocycles. The number of ether oxygens (including phenoxy) is 6. The van der Waals surface area contributed by atoms with Crippen LogP contribution in [0.3, 0.4) is 0 Å². The van der Waals surface area contributed by atoms with Crippen molar-refractivity contribution in [2.45, 2.75) is 125 Å². The third-order valence-corrected chi connectivity index (χ3v) is 17.2. The summed E-state index contributed by atoms with van der Waals surface area (Å²) in [6.45, 7) is 11.1. The first-order valence-corrected chi connectivity index (χ1v) is 24.4. The monoisotopic (exact) mass is 960 g/mol. The number of esters is 5. The van der Waals surface area contributed by atoms with Crippen molar-refractivity contribution in [2.75, 3.05) is 20.3 Å². The molecule has 2 N–H and O–H groups in total.